The third kappa shape index (κ3) is 4.62. The number of aromatic nitrogens is 2. The molecule has 0 saturated carbocycles. The molecule has 1 aliphatic rings. The van der Waals surface area contributed by atoms with Crippen molar-refractivity contribution in [1.82, 2.24) is 14.5 Å². The predicted octanol–water partition coefficient (Wildman–Crippen LogP) is 4.55. The minimum absolute atomic E-state index is 0.0128. The van der Waals surface area contributed by atoms with Gasteiger partial charge in [0.2, 0.25) is 5.91 Å². The van der Waals surface area contributed by atoms with Crippen LogP contribution >= 0.6 is 11.6 Å². The van der Waals surface area contributed by atoms with E-state index in [1.54, 1.807) is 12.1 Å². The molecule has 2 aromatic carbocycles. The number of aliphatic hydroxyl groups excluding tert-OH is 1. The number of rotatable bonds is 6. The van der Waals surface area contributed by atoms with Crippen LogP contribution in [0.1, 0.15) is 44.5 Å². The van der Waals surface area contributed by atoms with Gasteiger partial charge < -0.3 is 19.3 Å². The lowest BCUT2D eigenvalue weighted by Crippen LogP contribution is -2.42. The first-order valence-electron chi connectivity index (χ1n) is 11.0. The average Bonchev–Trinajstić information content (AvgIpc) is 3.30. The number of benzene rings is 2. The fourth-order valence-electron chi connectivity index (χ4n) is 4.29. The number of carbonyl (C=O) groups is 1. The van der Waals surface area contributed by atoms with Crippen LogP contribution in [0, 0.1) is 6.92 Å². The van der Waals surface area contributed by atoms with Gasteiger partial charge in [-0.25, -0.2) is 4.98 Å². The summed E-state index contributed by atoms with van der Waals surface area (Å²) in [4.78, 5) is 19.5. The second-order valence-corrected chi connectivity index (χ2v) is 9.93. The smallest absolute Gasteiger partial charge is 0.223 e. The highest BCUT2D eigenvalue weighted by atomic mass is 35.5. The van der Waals surface area contributed by atoms with Gasteiger partial charge in [-0.15, -0.1) is 0 Å². The number of aryl methyl sites for hydroxylation is 1. The van der Waals surface area contributed by atoms with Gasteiger partial charge in [0.1, 0.15) is 24.3 Å². The lowest BCUT2D eigenvalue weighted by atomic mass is 10.1. The lowest BCUT2D eigenvalue weighted by molar-refractivity contribution is -0.131. The van der Waals surface area contributed by atoms with Gasteiger partial charge in [0, 0.05) is 29.4 Å². The van der Waals surface area contributed by atoms with E-state index >= 15 is 0 Å². The molecule has 1 fully saturated rings. The molecule has 3 aromatic rings. The monoisotopic (exact) mass is 455 g/mol. The molecule has 6 nitrogen and oxygen atoms in total. The van der Waals surface area contributed by atoms with Crippen molar-refractivity contribution in [2.45, 2.75) is 58.2 Å². The molecule has 0 radical (unpaired) electrons. The van der Waals surface area contributed by atoms with E-state index in [9.17, 15) is 9.90 Å². The molecule has 1 aromatic heterocycles. The fourth-order valence-corrected chi connectivity index (χ4v) is 4.41. The lowest BCUT2D eigenvalue weighted by Gasteiger charge is -2.32. The molecule has 1 saturated heterocycles. The second-order valence-electron chi connectivity index (χ2n) is 9.52. The SMILES string of the molecule is Cc1cc(OC[C@H](O)Cn2c([C@H]3CC(=O)N(C(C)(C)C)C3)nc3ccccc32)ccc1Cl. The van der Waals surface area contributed by atoms with Crippen LogP contribution in [-0.4, -0.2) is 50.3 Å². The molecule has 0 aliphatic carbocycles. The predicted molar refractivity (Wildman–Crippen MR) is 126 cm³/mol. The number of nitrogens with zero attached hydrogens (tertiary/aromatic N) is 3. The molecule has 2 heterocycles. The number of halogens is 1. The van der Waals surface area contributed by atoms with Crippen molar-refractivity contribution in [3.8, 4) is 5.75 Å². The molecular formula is C25H30ClN3O3. The molecule has 0 bridgehead atoms. The number of aliphatic hydroxyl groups is 1. The Labute approximate surface area is 193 Å². The molecule has 32 heavy (non-hydrogen) atoms. The summed E-state index contributed by atoms with van der Waals surface area (Å²) in [5.41, 5.74) is 2.51. The van der Waals surface area contributed by atoms with Crippen molar-refractivity contribution >= 4 is 28.5 Å². The molecule has 1 N–H and O–H groups in total. The first-order chi connectivity index (χ1) is 15.1. The van der Waals surface area contributed by atoms with Gasteiger partial charge in [0.05, 0.1) is 17.6 Å². The van der Waals surface area contributed by atoms with Gasteiger partial charge >= 0.3 is 0 Å². The number of likely N-dealkylation sites (tertiary alicyclic amines) is 1. The van der Waals surface area contributed by atoms with Crippen LogP contribution in [0.3, 0.4) is 0 Å². The summed E-state index contributed by atoms with van der Waals surface area (Å²) in [6.45, 7) is 9.18. The van der Waals surface area contributed by atoms with E-state index < -0.39 is 6.10 Å². The Balaban J connectivity index is 1.55. The highest BCUT2D eigenvalue weighted by molar-refractivity contribution is 6.31. The summed E-state index contributed by atoms with van der Waals surface area (Å²) in [6.07, 6.45) is -0.310. The summed E-state index contributed by atoms with van der Waals surface area (Å²) in [5.74, 6) is 1.64. The summed E-state index contributed by atoms with van der Waals surface area (Å²) in [6, 6.07) is 13.3. The Morgan fingerprint density at radius 2 is 2.00 bits per heavy atom. The Bertz CT molecular complexity index is 1140. The van der Waals surface area contributed by atoms with E-state index in [0.717, 1.165) is 22.4 Å². The minimum Gasteiger partial charge on any atom is -0.491 e. The van der Waals surface area contributed by atoms with Gasteiger partial charge in [0.15, 0.2) is 0 Å². The molecule has 7 heteroatoms. The molecular weight excluding hydrogens is 426 g/mol. The van der Waals surface area contributed by atoms with Gasteiger partial charge in [-0.2, -0.15) is 0 Å². The van der Waals surface area contributed by atoms with Crippen molar-refractivity contribution in [1.29, 1.82) is 0 Å². The Morgan fingerprint density at radius 3 is 2.69 bits per heavy atom. The van der Waals surface area contributed by atoms with Gasteiger partial charge in [-0.1, -0.05) is 23.7 Å². The number of hydrogen-bond acceptors (Lipinski definition) is 4. The topological polar surface area (TPSA) is 67.6 Å². The molecule has 170 valence electrons. The largest absolute Gasteiger partial charge is 0.491 e. The minimum atomic E-state index is -0.738. The van der Waals surface area contributed by atoms with Crippen LogP contribution in [0.15, 0.2) is 42.5 Å². The number of ether oxygens (including phenoxy) is 1. The number of hydrogen-bond donors (Lipinski definition) is 1. The first-order valence-corrected chi connectivity index (χ1v) is 11.3. The quantitative estimate of drug-likeness (QED) is 0.592. The molecule has 1 amide bonds. The van der Waals surface area contributed by atoms with E-state index in [2.05, 4.69) is 20.8 Å². The molecule has 0 unspecified atom stereocenters. The van der Waals surface area contributed by atoms with Crippen molar-refractivity contribution in [3.63, 3.8) is 0 Å². The normalized spacial score (nSPS) is 17.9. The van der Waals surface area contributed by atoms with E-state index in [1.165, 1.54) is 0 Å². The maximum absolute atomic E-state index is 12.7. The van der Waals surface area contributed by atoms with Crippen molar-refractivity contribution in [2.75, 3.05) is 13.2 Å². The van der Waals surface area contributed by atoms with Crippen LogP contribution in [0.4, 0.5) is 0 Å². The van der Waals surface area contributed by atoms with Crippen molar-refractivity contribution in [3.05, 3.63) is 58.9 Å². The number of carbonyl (C=O) groups excluding carboxylic acids is 1. The van der Waals surface area contributed by atoms with E-state index in [-0.39, 0.29) is 24.0 Å². The van der Waals surface area contributed by atoms with E-state index in [4.69, 9.17) is 21.3 Å². The number of imidazole rings is 1. The average molecular weight is 456 g/mol. The fraction of sp³-hybridized carbons (Fsp3) is 0.440. The van der Waals surface area contributed by atoms with Gasteiger partial charge in [-0.05, 0) is 63.6 Å². The van der Waals surface area contributed by atoms with Crippen LogP contribution in [0.25, 0.3) is 11.0 Å². The van der Waals surface area contributed by atoms with E-state index in [1.807, 2.05) is 46.7 Å². The molecule has 4 rings (SSSR count). The first kappa shape index (κ1) is 22.6. The van der Waals surface area contributed by atoms with Gasteiger partial charge in [-0.3, -0.25) is 4.79 Å². The number of amides is 1. The summed E-state index contributed by atoms with van der Waals surface area (Å²) < 4.78 is 7.85. The highest BCUT2D eigenvalue weighted by Gasteiger charge is 2.39. The van der Waals surface area contributed by atoms with Crippen LogP contribution in [0.2, 0.25) is 5.02 Å². The zero-order valence-electron chi connectivity index (χ0n) is 19.0. The van der Waals surface area contributed by atoms with Gasteiger partial charge in [0.25, 0.3) is 0 Å². The molecule has 1 aliphatic heterocycles. The number of fused-ring (bicyclic) bond motifs is 1. The van der Waals surface area contributed by atoms with Crippen LogP contribution in [-0.2, 0) is 11.3 Å². The second kappa shape index (κ2) is 8.75. The number of para-hydroxylation sites is 2. The van der Waals surface area contributed by atoms with Crippen molar-refractivity contribution in [2.24, 2.45) is 0 Å². The molecule has 2 atom stereocenters. The summed E-state index contributed by atoms with van der Waals surface area (Å²) >= 11 is 6.08. The maximum atomic E-state index is 12.7. The standard InChI is InChI=1S/C25H30ClN3O3/c1-16-11-19(9-10-20(16)26)32-15-18(30)14-28-22-8-6-5-7-21(22)27-24(28)17-12-23(31)29(13-17)25(2,3)4/h5-11,17-18,30H,12-15H2,1-4H3/t17-,18+/m0/s1. The molecule has 0 spiro atoms. The van der Waals surface area contributed by atoms with E-state index in [0.29, 0.717) is 30.3 Å². The van der Waals surface area contributed by atoms with Crippen molar-refractivity contribution < 1.29 is 14.6 Å². The van der Waals surface area contributed by atoms with Crippen LogP contribution < -0.4 is 4.74 Å². The Kier molecular flexibility index (Phi) is 6.19. The zero-order valence-corrected chi connectivity index (χ0v) is 19.8. The highest BCUT2D eigenvalue weighted by Crippen LogP contribution is 2.34. The van der Waals surface area contributed by atoms with Crippen LogP contribution in [0.5, 0.6) is 5.75 Å². The summed E-state index contributed by atoms with van der Waals surface area (Å²) in [7, 11) is 0. The zero-order chi connectivity index (χ0) is 23.0. The maximum Gasteiger partial charge on any atom is 0.223 e. The Hall–Kier alpha value is -2.57. The third-order valence-electron chi connectivity index (χ3n) is 5.95. The third-order valence-corrected chi connectivity index (χ3v) is 6.37. The Morgan fingerprint density at radius 1 is 1.25 bits per heavy atom. The summed E-state index contributed by atoms with van der Waals surface area (Å²) in [5, 5.41) is 11.5.